The van der Waals surface area contributed by atoms with Gasteiger partial charge in [-0.2, -0.15) is 8.42 Å². The molecule has 0 radical (unpaired) electrons. The largest absolute Gasteiger partial charge is 0.481 e. The Morgan fingerprint density at radius 2 is 1.66 bits per heavy atom. The molecule has 0 atom stereocenters. The van der Waals surface area contributed by atoms with Crippen LogP contribution in [0.3, 0.4) is 0 Å². The van der Waals surface area contributed by atoms with E-state index >= 15 is 0 Å². The van der Waals surface area contributed by atoms with Gasteiger partial charge in [0, 0.05) is 13.1 Å². The van der Waals surface area contributed by atoms with E-state index < -0.39 is 21.7 Å². The first-order valence-electron chi connectivity index (χ1n) is 9.15. The lowest BCUT2D eigenvalue weighted by atomic mass is 9.73. The second-order valence-electron chi connectivity index (χ2n) is 6.87. The van der Waals surface area contributed by atoms with E-state index in [-0.39, 0.29) is 17.7 Å². The highest BCUT2D eigenvalue weighted by Crippen LogP contribution is 2.36. The molecule has 1 fully saturated rings. The van der Waals surface area contributed by atoms with Crippen molar-refractivity contribution in [2.75, 3.05) is 19.6 Å². The van der Waals surface area contributed by atoms with Crippen LogP contribution in [0.25, 0.3) is 0 Å². The summed E-state index contributed by atoms with van der Waals surface area (Å²) in [5.74, 6) is 2.59. The minimum atomic E-state index is -2.69. The van der Waals surface area contributed by atoms with Gasteiger partial charge in [0.05, 0.1) is 11.4 Å². The number of ether oxygens (including phenoxy) is 1. The molecule has 3 rings (SSSR count). The fraction of sp³-hybridized carbons (Fsp3) is 0.273. The van der Waals surface area contributed by atoms with E-state index in [0.29, 0.717) is 36.7 Å². The molecule has 150 valence electrons. The smallest absolute Gasteiger partial charge is 0.315 e. The van der Waals surface area contributed by atoms with Crippen LogP contribution in [0.2, 0.25) is 0 Å². The van der Waals surface area contributed by atoms with Crippen LogP contribution < -0.4 is 4.74 Å². The first-order chi connectivity index (χ1) is 14.0. The van der Waals surface area contributed by atoms with Crippen LogP contribution in [0.4, 0.5) is 0 Å². The number of carboxylic acids is 1. The van der Waals surface area contributed by atoms with E-state index in [0.717, 1.165) is 0 Å². The van der Waals surface area contributed by atoms with Crippen molar-refractivity contribution in [1.82, 2.24) is 4.90 Å². The Morgan fingerprint density at radius 3 is 2.17 bits per heavy atom. The van der Waals surface area contributed by atoms with Crippen LogP contribution in [-0.4, -0.2) is 48.9 Å². The van der Waals surface area contributed by atoms with Crippen LogP contribution in [0, 0.1) is 17.8 Å². The molecule has 0 saturated carbocycles. The zero-order valence-electron chi connectivity index (χ0n) is 15.7. The van der Waals surface area contributed by atoms with Gasteiger partial charge in [-0.25, -0.2) is 0 Å². The van der Waals surface area contributed by atoms with E-state index in [9.17, 15) is 18.3 Å². The molecule has 1 heterocycles. The quantitative estimate of drug-likeness (QED) is 0.447. The Hall–Kier alpha value is -3.08. The summed E-state index contributed by atoms with van der Waals surface area (Å²) in [5, 5.41) is 9.96. The van der Waals surface area contributed by atoms with Crippen LogP contribution in [0.5, 0.6) is 11.5 Å². The average molecular weight is 411 g/mol. The predicted molar refractivity (Wildman–Crippen MR) is 111 cm³/mol. The van der Waals surface area contributed by atoms with Gasteiger partial charge in [0.15, 0.2) is 0 Å². The third-order valence-electron chi connectivity index (χ3n) is 5.13. The summed E-state index contributed by atoms with van der Waals surface area (Å²) in [6.45, 7) is 1.26. The van der Waals surface area contributed by atoms with Crippen molar-refractivity contribution >= 4 is 21.1 Å². The van der Waals surface area contributed by atoms with Gasteiger partial charge in [-0.3, -0.25) is 9.69 Å². The summed E-state index contributed by atoms with van der Waals surface area (Å²) in [6.07, 6.45) is 5.68. The first kappa shape index (κ1) is 20.6. The van der Waals surface area contributed by atoms with E-state index in [1.165, 1.54) is 0 Å². The molecule has 7 heteroatoms. The summed E-state index contributed by atoms with van der Waals surface area (Å²) in [6, 6.07) is 15.6. The Labute approximate surface area is 171 Å². The Kier molecular flexibility index (Phi) is 6.37. The summed E-state index contributed by atoms with van der Waals surface area (Å²) in [7, 11) is -2.69. The minimum Gasteiger partial charge on any atom is -0.481 e. The van der Waals surface area contributed by atoms with Gasteiger partial charge in [-0.05, 0) is 54.8 Å². The van der Waals surface area contributed by atoms with Crippen molar-refractivity contribution in [2.45, 2.75) is 12.8 Å². The number of rotatable bonds is 6. The molecule has 1 N–H and O–H groups in total. The standard InChI is InChI=1S/C22H21NO5S/c1-2-14-23-15-12-22(13-16-23,21(24)25)20(29(26)27)17-8-10-19(11-9-17)28-18-6-4-3-5-7-18/h1,3-11H,12-16H2,(H,24,25). The fourth-order valence-corrected chi connectivity index (χ4v) is 4.53. The predicted octanol–water partition coefficient (Wildman–Crippen LogP) is 2.68. The van der Waals surface area contributed by atoms with Crippen molar-refractivity contribution in [3.63, 3.8) is 0 Å². The van der Waals surface area contributed by atoms with Gasteiger partial charge >= 0.3 is 5.97 Å². The number of para-hydroxylation sites is 1. The van der Waals surface area contributed by atoms with Gasteiger partial charge in [0.25, 0.3) is 0 Å². The molecule has 1 aliphatic heterocycles. The summed E-state index contributed by atoms with van der Waals surface area (Å²) in [4.78, 5) is 14.0. The molecule has 1 saturated heterocycles. The van der Waals surface area contributed by atoms with Gasteiger partial charge < -0.3 is 9.84 Å². The molecule has 29 heavy (non-hydrogen) atoms. The third-order valence-corrected chi connectivity index (χ3v) is 6.09. The monoisotopic (exact) mass is 411 g/mol. The Balaban J connectivity index is 1.90. The number of carbonyl (C=O) groups is 1. The highest BCUT2D eigenvalue weighted by molar-refractivity contribution is 7.73. The van der Waals surface area contributed by atoms with E-state index in [4.69, 9.17) is 11.2 Å². The van der Waals surface area contributed by atoms with Crippen molar-refractivity contribution in [3.8, 4) is 23.8 Å². The molecule has 0 amide bonds. The minimum absolute atomic E-state index is 0.100. The van der Waals surface area contributed by atoms with Crippen molar-refractivity contribution in [2.24, 2.45) is 5.41 Å². The number of hydrogen-bond donors (Lipinski definition) is 1. The van der Waals surface area contributed by atoms with Gasteiger partial charge in [-0.15, -0.1) is 6.42 Å². The number of hydrogen-bond acceptors (Lipinski definition) is 5. The van der Waals surface area contributed by atoms with Crippen molar-refractivity contribution in [3.05, 3.63) is 60.2 Å². The second kappa shape index (κ2) is 8.95. The topological polar surface area (TPSA) is 83.9 Å². The van der Waals surface area contributed by atoms with Gasteiger partial charge in [-0.1, -0.05) is 24.1 Å². The molecular formula is C22H21NO5S. The van der Waals surface area contributed by atoms with Crippen molar-refractivity contribution < 1.29 is 23.1 Å². The van der Waals surface area contributed by atoms with E-state index in [1.807, 2.05) is 35.2 Å². The highest BCUT2D eigenvalue weighted by atomic mass is 32.2. The summed E-state index contributed by atoms with van der Waals surface area (Å²) < 4.78 is 30.0. The maximum atomic E-state index is 12.2. The molecule has 0 aliphatic carbocycles. The lowest BCUT2D eigenvalue weighted by molar-refractivity contribution is -0.146. The zero-order chi connectivity index (χ0) is 20.9. The van der Waals surface area contributed by atoms with Crippen LogP contribution in [-0.2, 0) is 15.1 Å². The molecule has 1 aliphatic rings. The molecule has 0 unspecified atom stereocenters. The van der Waals surface area contributed by atoms with E-state index in [1.54, 1.807) is 24.3 Å². The molecule has 2 aromatic carbocycles. The van der Waals surface area contributed by atoms with Crippen LogP contribution >= 0.6 is 0 Å². The fourth-order valence-electron chi connectivity index (χ4n) is 3.59. The lowest BCUT2D eigenvalue weighted by Gasteiger charge is -2.38. The first-order valence-corrected chi connectivity index (χ1v) is 10.2. The number of carboxylic acid groups (broad SMARTS) is 1. The number of likely N-dealkylation sites (tertiary alicyclic amines) is 1. The van der Waals surface area contributed by atoms with Crippen LogP contribution in [0.15, 0.2) is 54.6 Å². The molecule has 0 bridgehead atoms. The number of piperidine rings is 1. The number of aliphatic carboxylic acids is 1. The number of nitrogens with zero attached hydrogens (tertiary/aromatic N) is 1. The van der Waals surface area contributed by atoms with Gasteiger partial charge in [0.2, 0.25) is 10.3 Å². The Morgan fingerprint density at radius 1 is 1.07 bits per heavy atom. The SMILES string of the molecule is C#CCN1CCC(C(=O)O)(C(c2ccc(Oc3ccccc3)cc2)=S(=O)=O)CC1. The summed E-state index contributed by atoms with van der Waals surface area (Å²) in [5.41, 5.74) is -1.12. The lowest BCUT2D eigenvalue weighted by Crippen LogP contribution is -2.49. The maximum Gasteiger partial charge on any atom is 0.315 e. The normalized spacial score (nSPS) is 15.8. The number of benzene rings is 2. The second-order valence-corrected chi connectivity index (χ2v) is 7.75. The molecule has 2 aromatic rings. The molecule has 0 aromatic heterocycles. The maximum absolute atomic E-state index is 12.2. The zero-order valence-corrected chi connectivity index (χ0v) is 16.6. The molecule has 6 nitrogen and oxygen atoms in total. The molecule has 0 spiro atoms. The summed E-state index contributed by atoms with van der Waals surface area (Å²) >= 11 is 0. The highest BCUT2D eigenvalue weighted by Gasteiger charge is 2.47. The van der Waals surface area contributed by atoms with Gasteiger partial charge in [0.1, 0.15) is 16.9 Å². The molecular weight excluding hydrogens is 390 g/mol. The average Bonchev–Trinajstić information content (AvgIpc) is 2.71. The van der Waals surface area contributed by atoms with Crippen molar-refractivity contribution in [1.29, 1.82) is 0 Å². The third kappa shape index (κ3) is 4.50. The van der Waals surface area contributed by atoms with Crippen LogP contribution in [0.1, 0.15) is 18.4 Å². The van der Waals surface area contributed by atoms with E-state index in [2.05, 4.69) is 5.92 Å². The number of terminal acetylenes is 1. The Bertz CT molecular complexity index is 1040.